The van der Waals surface area contributed by atoms with Gasteiger partial charge < -0.3 is 5.32 Å². The van der Waals surface area contributed by atoms with E-state index in [0.29, 0.717) is 22.0 Å². The van der Waals surface area contributed by atoms with E-state index in [0.717, 1.165) is 11.3 Å². The first-order valence-electron chi connectivity index (χ1n) is 7.56. The number of rotatable bonds is 4. The molecule has 25 heavy (non-hydrogen) atoms. The molecule has 1 aromatic heterocycles. The molecule has 1 heterocycles. The van der Waals surface area contributed by atoms with Crippen LogP contribution in [0.1, 0.15) is 21.7 Å². The van der Waals surface area contributed by atoms with Crippen molar-refractivity contribution in [1.29, 1.82) is 0 Å². The minimum Gasteiger partial charge on any atom is -0.322 e. The number of carbonyl (C=O) groups excluding carboxylic acids is 1. The van der Waals surface area contributed by atoms with E-state index in [2.05, 4.69) is 20.8 Å². The number of aryl methyl sites for hydroxylation is 2. The zero-order chi connectivity index (χ0) is 18.0. The summed E-state index contributed by atoms with van der Waals surface area (Å²) >= 11 is 0. The first-order valence-corrected chi connectivity index (χ1v) is 9.12. The molecule has 1 atom stereocenters. The lowest BCUT2D eigenvalue weighted by molar-refractivity contribution is 0.102. The lowest BCUT2D eigenvalue weighted by Gasteiger charge is -2.10. The Kier molecular flexibility index (Phi) is 4.71. The van der Waals surface area contributed by atoms with E-state index in [4.69, 9.17) is 0 Å². The number of carbonyl (C=O) groups is 1. The first-order chi connectivity index (χ1) is 12.0. The van der Waals surface area contributed by atoms with Crippen molar-refractivity contribution >= 4 is 22.4 Å². The lowest BCUT2D eigenvalue weighted by Crippen LogP contribution is -2.12. The van der Waals surface area contributed by atoms with E-state index in [9.17, 15) is 9.00 Å². The van der Waals surface area contributed by atoms with Crippen molar-refractivity contribution in [2.45, 2.75) is 18.7 Å². The minimum atomic E-state index is -1.07. The number of hydrogen-bond acceptors (Lipinski definition) is 5. The van der Waals surface area contributed by atoms with Crippen molar-refractivity contribution in [2.24, 2.45) is 0 Å². The number of aromatic nitrogens is 4. The van der Waals surface area contributed by atoms with Gasteiger partial charge in [-0.15, -0.1) is 5.10 Å². The summed E-state index contributed by atoms with van der Waals surface area (Å²) in [6.45, 7) is 3.76. The van der Waals surface area contributed by atoms with Gasteiger partial charge in [0.2, 0.25) is 0 Å². The van der Waals surface area contributed by atoms with Gasteiger partial charge in [-0.3, -0.25) is 9.00 Å². The molecule has 0 bridgehead atoms. The van der Waals surface area contributed by atoms with Gasteiger partial charge in [0, 0.05) is 33.2 Å². The summed E-state index contributed by atoms with van der Waals surface area (Å²) in [5, 5.41) is 14.4. The molecule has 0 spiro atoms. The van der Waals surface area contributed by atoms with Crippen LogP contribution < -0.4 is 5.32 Å². The minimum absolute atomic E-state index is 0.239. The van der Waals surface area contributed by atoms with Crippen LogP contribution in [0.15, 0.2) is 47.4 Å². The van der Waals surface area contributed by atoms with Crippen LogP contribution in [-0.2, 0) is 10.8 Å². The molecular weight excluding hydrogens is 338 g/mol. The Morgan fingerprint density at radius 3 is 2.44 bits per heavy atom. The van der Waals surface area contributed by atoms with Crippen molar-refractivity contribution in [1.82, 2.24) is 20.2 Å². The normalized spacial score (nSPS) is 12.0. The number of nitrogens with one attached hydrogen (secondary N) is 1. The Hall–Kier alpha value is -2.87. The monoisotopic (exact) mass is 355 g/mol. The molecule has 3 rings (SSSR count). The van der Waals surface area contributed by atoms with Crippen LogP contribution in [0.2, 0.25) is 0 Å². The third-order valence-electron chi connectivity index (χ3n) is 3.77. The molecule has 2 aromatic carbocycles. The molecule has 1 N–H and O–H groups in total. The van der Waals surface area contributed by atoms with Crippen LogP contribution >= 0.6 is 0 Å². The molecule has 7 nitrogen and oxygen atoms in total. The first kappa shape index (κ1) is 17.0. The molecule has 0 saturated heterocycles. The highest BCUT2D eigenvalue weighted by Crippen LogP contribution is 2.20. The van der Waals surface area contributed by atoms with E-state index >= 15 is 0 Å². The molecule has 128 valence electrons. The van der Waals surface area contributed by atoms with Gasteiger partial charge in [0.15, 0.2) is 5.82 Å². The van der Waals surface area contributed by atoms with Gasteiger partial charge in [-0.2, -0.15) is 4.68 Å². The van der Waals surface area contributed by atoms with Crippen LogP contribution in [-0.4, -0.2) is 36.6 Å². The highest BCUT2D eigenvalue weighted by molar-refractivity contribution is 7.84. The van der Waals surface area contributed by atoms with Gasteiger partial charge in [-0.25, -0.2) is 0 Å². The summed E-state index contributed by atoms with van der Waals surface area (Å²) in [4.78, 5) is 13.1. The second-order valence-electron chi connectivity index (χ2n) is 5.57. The van der Waals surface area contributed by atoms with Crippen LogP contribution in [0.4, 0.5) is 5.69 Å². The predicted octanol–water partition coefficient (Wildman–Crippen LogP) is 2.27. The molecule has 8 heteroatoms. The molecule has 3 aromatic rings. The maximum atomic E-state index is 12.4. The zero-order valence-electron chi connectivity index (χ0n) is 14.1. The van der Waals surface area contributed by atoms with E-state index in [1.165, 1.54) is 0 Å². The van der Waals surface area contributed by atoms with Crippen molar-refractivity contribution < 1.29 is 9.00 Å². The average molecular weight is 355 g/mol. The molecule has 0 saturated carbocycles. The van der Waals surface area contributed by atoms with Gasteiger partial charge in [0.05, 0.1) is 5.69 Å². The molecule has 0 aliphatic carbocycles. The van der Waals surface area contributed by atoms with Crippen molar-refractivity contribution in [3.8, 4) is 5.69 Å². The molecule has 1 amide bonds. The topological polar surface area (TPSA) is 89.8 Å². The molecule has 1 unspecified atom stereocenters. The summed E-state index contributed by atoms with van der Waals surface area (Å²) in [7, 11) is -1.07. The van der Waals surface area contributed by atoms with Crippen LogP contribution in [0, 0.1) is 13.8 Å². The number of amides is 1. The Balaban J connectivity index is 1.84. The average Bonchev–Trinajstić information content (AvgIpc) is 3.02. The van der Waals surface area contributed by atoms with Gasteiger partial charge >= 0.3 is 0 Å². The Morgan fingerprint density at radius 2 is 1.84 bits per heavy atom. The van der Waals surface area contributed by atoms with E-state index < -0.39 is 10.8 Å². The molecule has 0 aliphatic rings. The number of tetrazole rings is 1. The number of benzene rings is 2. The number of hydrogen-bond donors (Lipinski definition) is 1. The number of nitrogens with zero attached hydrogens (tertiary/aromatic N) is 4. The molecule has 0 radical (unpaired) electrons. The van der Waals surface area contributed by atoms with Gasteiger partial charge in [0.1, 0.15) is 0 Å². The lowest BCUT2D eigenvalue weighted by atomic mass is 10.1. The van der Waals surface area contributed by atoms with Gasteiger partial charge in [0.25, 0.3) is 5.91 Å². The summed E-state index contributed by atoms with van der Waals surface area (Å²) < 4.78 is 13.0. The maximum Gasteiger partial charge on any atom is 0.255 e. The quantitative estimate of drug-likeness (QED) is 0.775. The highest BCUT2D eigenvalue weighted by Gasteiger charge is 2.11. The molecule has 0 aliphatic heterocycles. The van der Waals surface area contributed by atoms with Crippen molar-refractivity contribution in [3.05, 3.63) is 59.4 Å². The van der Waals surface area contributed by atoms with E-state index in [1.54, 1.807) is 35.2 Å². The van der Waals surface area contributed by atoms with Crippen LogP contribution in [0.3, 0.4) is 0 Å². The fourth-order valence-corrected chi connectivity index (χ4v) is 2.89. The van der Waals surface area contributed by atoms with E-state index in [-0.39, 0.29) is 5.91 Å². The third-order valence-corrected chi connectivity index (χ3v) is 4.71. The summed E-state index contributed by atoms with van der Waals surface area (Å²) in [6.07, 6.45) is 1.60. The summed E-state index contributed by atoms with van der Waals surface area (Å²) in [5.74, 6) is 0.423. The fraction of sp³-hybridized carbons (Fsp3) is 0.176. The molecular formula is C17H17N5O2S. The third kappa shape index (κ3) is 3.63. The van der Waals surface area contributed by atoms with Gasteiger partial charge in [-0.1, -0.05) is 6.07 Å². The largest absolute Gasteiger partial charge is 0.322 e. The predicted molar refractivity (Wildman–Crippen MR) is 95.4 cm³/mol. The van der Waals surface area contributed by atoms with Crippen molar-refractivity contribution in [2.75, 3.05) is 11.6 Å². The smallest absolute Gasteiger partial charge is 0.255 e. The second kappa shape index (κ2) is 6.94. The second-order valence-corrected chi connectivity index (χ2v) is 6.95. The maximum absolute atomic E-state index is 12.4. The SMILES string of the molecule is Cc1ccc(NC(=O)c2ccc(S(C)=O)cc2)cc1-n1nnnc1C. The Labute approximate surface area is 147 Å². The van der Waals surface area contributed by atoms with E-state index in [1.807, 2.05) is 32.0 Å². The molecule has 0 fully saturated rings. The fourth-order valence-electron chi connectivity index (χ4n) is 2.37. The van der Waals surface area contributed by atoms with Crippen molar-refractivity contribution in [3.63, 3.8) is 0 Å². The Bertz CT molecular complexity index is 950. The zero-order valence-corrected chi connectivity index (χ0v) is 14.9. The van der Waals surface area contributed by atoms with Gasteiger partial charge in [-0.05, 0) is 66.2 Å². The highest BCUT2D eigenvalue weighted by atomic mass is 32.2. The van der Waals surface area contributed by atoms with Crippen LogP contribution in [0.25, 0.3) is 5.69 Å². The summed E-state index contributed by atoms with van der Waals surface area (Å²) in [5.41, 5.74) is 2.93. The van der Waals surface area contributed by atoms with Crippen LogP contribution in [0.5, 0.6) is 0 Å². The standard InChI is InChI=1S/C17H17N5O2S/c1-11-4-7-14(10-16(11)22-12(2)19-20-21-22)18-17(23)13-5-8-15(9-6-13)25(3)24/h4-10H,1-3H3,(H,18,23). The number of anilines is 1. The summed E-state index contributed by atoms with van der Waals surface area (Å²) in [6, 6.07) is 12.2. The Morgan fingerprint density at radius 1 is 1.12 bits per heavy atom.